The Morgan fingerprint density at radius 3 is 2.79 bits per heavy atom. The maximum absolute atomic E-state index is 12.4. The van der Waals surface area contributed by atoms with Crippen molar-refractivity contribution >= 4 is 16.8 Å². The molecule has 4 rings (SSSR count). The Bertz CT molecular complexity index is 1070. The second-order valence-electron chi connectivity index (χ2n) is 6.92. The van der Waals surface area contributed by atoms with Gasteiger partial charge in [0.2, 0.25) is 0 Å². The highest BCUT2D eigenvalue weighted by Crippen LogP contribution is 2.14. The Morgan fingerprint density at radius 1 is 1.07 bits per heavy atom. The van der Waals surface area contributed by atoms with Gasteiger partial charge in [0.25, 0.3) is 5.91 Å². The van der Waals surface area contributed by atoms with Crippen molar-refractivity contribution in [1.29, 1.82) is 0 Å². The lowest BCUT2D eigenvalue weighted by Crippen LogP contribution is -2.23. The van der Waals surface area contributed by atoms with E-state index >= 15 is 0 Å². The number of rotatable bonds is 7. The lowest BCUT2D eigenvalue weighted by molar-refractivity contribution is 0.0941. The predicted molar refractivity (Wildman–Crippen MR) is 108 cm³/mol. The summed E-state index contributed by atoms with van der Waals surface area (Å²) in [5.41, 5.74) is 3.59. The third-order valence-electron chi connectivity index (χ3n) is 4.59. The first-order chi connectivity index (χ1) is 13.7. The molecule has 2 aromatic carbocycles. The number of aromatic nitrogens is 2. The van der Waals surface area contributed by atoms with Crippen LogP contribution in [0.5, 0.6) is 0 Å². The zero-order chi connectivity index (χ0) is 19.3. The van der Waals surface area contributed by atoms with E-state index in [0.717, 1.165) is 23.0 Å². The number of hydrogen-bond acceptors (Lipinski definition) is 4. The van der Waals surface area contributed by atoms with E-state index in [-0.39, 0.29) is 5.91 Å². The molecule has 28 heavy (non-hydrogen) atoms. The number of H-pyrrole nitrogens is 1. The van der Waals surface area contributed by atoms with Gasteiger partial charge < -0.3 is 14.8 Å². The average Bonchev–Trinajstić information content (AvgIpc) is 3.35. The fraction of sp³-hybridized carbons (Fsp3) is 0.182. The van der Waals surface area contributed by atoms with Crippen LogP contribution in [0.15, 0.2) is 71.4 Å². The summed E-state index contributed by atoms with van der Waals surface area (Å²) in [6.45, 7) is 1.81. The van der Waals surface area contributed by atoms with Crippen LogP contribution in [0.1, 0.15) is 27.4 Å². The van der Waals surface area contributed by atoms with Crippen molar-refractivity contribution in [3.8, 4) is 0 Å². The maximum Gasteiger partial charge on any atom is 0.273 e. The molecule has 0 aliphatic carbocycles. The average molecular weight is 374 g/mol. The van der Waals surface area contributed by atoms with Gasteiger partial charge in [0.1, 0.15) is 0 Å². The first kappa shape index (κ1) is 18.0. The van der Waals surface area contributed by atoms with Gasteiger partial charge in [0.05, 0.1) is 6.54 Å². The topological polar surface area (TPSA) is 74.2 Å². The first-order valence-corrected chi connectivity index (χ1v) is 9.20. The number of aromatic amines is 1. The molecule has 0 unspecified atom stereocenters. The number of carbonyl (C=O) groups is 1. The van der Waals surface area contributed by atoms with Crippen molar-refractivity contribution in [3.05, 3.63) is 89.4 Å². The number of nitrogens with one attached hydrogen (secondary N) is 2. The van der Waals surface area contributed by atoms with E-state index in [1.807, 2.05) is 55.7 Å². The fourth-order valence-electron chi connectivity index (χ4n) is 3.19. The molecule has 0 saturated heterocycles. The molecule has 142 valence electrons. The predicted octanol–water partition coefficient (Wildman–Crippen LogP) is 3.72. The second-order valence-corrected chi connectivity index (χ2v) is 6.92. The Labute approximate surface area is 163 Å². The van der Waals surface area contributed by atoms with Gasteiger partial charge in [-0.05, 0) is 35.7 Å². The molecule has 0 fully saturated rings. The highest BCUT2D eigenvalue weighted by Gasteiger charge is 2.14. The zero-order valence-corrected chi connectivity index (χ0v) is 15.7. The van der Waals surface area contributed by atoms with E-state index in [1.165, 1.54) is 5.56 Å². The van der Waals surface area contributed by atoms with E-state index in [0.29, 0.717) is 24.5 Å². The Morgan fingerprint density at radius 2 is 1.93 bits per heavy atom. The molecule has 2 heterocycles. The number of fused-ring (bicyclic) bond motifs is 1. The molecule has 2 N–H and O–H groups in total. The number of carbonyl (C=O) groups excluding carboxylic acids is 1. The highest BCUT2D eigenvalue weighted by molar-refractivity contribution is 5.92. The third-order valence-corrected chi connectivity index (χ3v) is 4.59. The Balaban J connectivity index is 1.32. The molecule has 0 aliphatic heterocycles. The molecule has 0 atom stereocenters. The van der Waals surface area contributed by atoms with Crippen LogP contribution in [0, 0.1) is 0 Å². The molecule has 6 nitrogen and oxygen atoms in total. The van der Waals surface area contributed by atoms with Crippen molar-refractivity contribution in [2.45, 2.75) is 19.6 Å². The van der Waals surface area contributed by atoms with Crippen LogP contribution in [0.4, 0.5) is 0 Å². The minimum Gasteiger partial charge on any atom is -0.361 e. The minimum atomic E-state index is -0.243. The highest BCUT2D eigenvalue weighted by atomic mass is 16.5. The molecule has 0 bridgehead atoms. The largest absolute Gasteiger partial charge is 0.361 e. The first-order valence-electron chi connectivity index (χ1n) is 9.20. The number of hydrogen-bond donors (Lipinski definition) is 2. The van der Waals surface area contributed by atoms with Gasteiger partial charge in [0, 0.05) is 30.9 Å². The molecular formula is C22H22N4O2. The van der Waals surface area contributed by atoms with Crippen molar-refractivity contribution in [2.24, 2.45) is 0 Å². The van der Waals surface area contributed by atoms with Gasteiger partial charge in [-0.15, -0.1) is 0 Å². The van der Waals surface area contributed by atoms with Crippen LogP contribution < -0.4 is 5.32 Å². The van der Waals surface area contributed by atoms with Gasteiger partial charge in [0.15, 0.2) is 11.5 Å². The van der Waals surface area contributed by atoms with Crippen LogP contribution in [-0.2, 0) is 19.6 Å². The zero-order valence-electron chi connectivity index (χ0n) is 15.7. The molecule has 0 aliphatic rings. The summed E-state index contributed by atoms with van der Waals surface area (Å²) in [6.07, 6.45) is 1.90. The van der Waals surface area contributed by atoms with E-state index < -0.39 is 0 Å². The van der Waals surface area contributed by atoms with E-state index in [4.69, 9.17) is 4.52 Å². The number of amides is 1. The molecule has 0 spiro atoms. The van der Waals surface area contributed by atoms with Crippen LogP contribution in [0.2, 0.25) is 0 Å². The normalized spacial score (nSPS) is 11.2. The van der Waals surface area contributed by atoms with Gasteiger partial charge >= 0.3 is 0 Å². The van der Waals surface area contributed by atoms with Crippen molar-refractivity contribution in [2.75, 3.05) is 7.05 Å². The SMILES string of the molecule is CN(Cc1ccccc1)Cc1cc(C(=O)NCc2ccc3cc[nH]c3c2)no1. The van der Waals surface area contributed by atoms with Crippen molar-refractivity contribution < 1.29 is 9.32 Å². The molecule has 0 radical (unpaired) electrons. The third kappa shape index (κ3) is 4.29. The van der Waals surface area contributed by atoms with Crippen LogP contribution >= 0.6 is 0 Å². The lowest BCUT2D eigenvalue weighted by Gasteiger charge is -2.14. The summed E-state index contributed by atoms with van der Waals surface area (Å²) in [5.74, 6) is 0.420. The summed E-state index contributed by atoms with van der Waals surface area (Å²) in [6, 6.07) is 20.0. The monoisotopic (exact) mass is 374 g/mol. The lowest BCUT2D eigenvalue weighted by atomic mass is 10.1. The molecule has 2 aromatic heterocycles. The van der Waals surface area contributed by atoms with Gasteiger partial charge in [-0.1, -0.05) is 47.6 Å². The molecular weight excluding hydrogens is 352 g/mol. The summed E-state index contributed by atoms with van der Waals surface area (Å²) >= 11 is 0. The standard InChI is InChI=1S/C22H22N4O2/c1-26(14-16-5-3-2-4-6-16)15-19-12-21(25-28-19)22(27)24-13-17-7-8-18-9-10-23-20(18)11-17/h2-12,23H,13-15H2,1H3,(H,24,27). The maximum atomic E-state index is 12.4. The summed E-state index contributed by atoms with van der Waals surface area (Å²) in [5, 5.41) is 7.95. The summed E-state index contributed by atoms with van der Waals surface area (Å²) in [4.78, 5) is 17.7. The van der Waals surface area contributed by atoms with E-state index in [1.54, 1.807) is 6.07 Å². The summed E-state index contributed by atoms with van der Waals surface area (Å²) < 4.78 is 5.34. The van der Waals surface area contributed by atoms with Gasteiger partial charge in [-0.3, -0.25) is 9.69 Å². The minimum absolute atomic E-state index is 0.243. The van der Waals surface area contributed by atoms with Crippen molar-refractivity contribution in [1.82, 2.24) is 20.4 Å². The fourth-order valence-corrected chi connectivity index (χ4v) is 3.19. The van der Waals surface area contributed by atoms with E-state index in [2.05, 4.69) is 32.5 Å². The molecule has 0 saturated carbocycles. The smallest absolute Gasteiger partial charge is 0.273 e. The molecule has 6 heteroatoms. The number of benzene rings is 2. The van der Waals surface area contributed by atoms with Gasteiger partial charge in [-0.25, -0.2) is 0 Å². The van der Waals surface area contributed by atoms with Crippen LogP contribution in [-0.4, -0.2) is 28.0 Å². The van der Waals surface area contributed by atoms with E-state index in [9.17, 15) is 4.79 Å². The molecule has 1 amide bonds. The Kier molecular flexibility index (Phi) is 5.21. The summed E-state index contributed by atoms with van der Waals surface area (Å²) in [7, 11) is 2.01. The van der Waals surface area contributed by atoms with Crippen molar-refractivity contribution in [3.63, 3.8) is 0 Å². The molecule has 4 aromatic rings. The quantitative estimate of drug-likeness (QED) is 0.517. The van der Waals surface area contributed by atoms with Crippen LogP contribution in [0.3, 0.4) is 0 Å². The van der Waals surface area contributed by atoms with Gasteiger partial charge in [-0.2, -0.15) is 0 Å². The second kappa shape index (κ2) is 8.10. The van der Waals surface area contributed by atoms with Crippen LogP contribution in [0.25, 0.3) is 10.9 Å². The Hall–Kier alpha value is -3.38. The number of nitrogens with zero attached hydrogens (tertiary/aromatic N) is 2.